The molecule has 1 aromatic rings. The molecule has 0 atom stereocenters. The molecule has 0 saturated heterocycles. The van der Waals surface area contributed by atoms with Crippen LogP contribution in [0.4, 0.5) is 0 Å². The Bertz CT molecular complexity index is 410. The van der Waals surface area contributed by atoms with Crippen LogP contribution in [0.2, 0.25) is 0 Å². The van der Waals surface area contributed by atoms with Crippen molar-refractivity contribution in [2.45, 2.75) is 4.90 Å². The smallest absolute Gasteiger partial charge is 0.0682 e. The van der Waals surface area contributed by atoms with Crippen LogP contribution >= 0.6 is 27.7 Å². The van der Waals surface area contributed by atoms with Gasteiger partial charge in [-0.1, -0.05) is 39.8 Å². The largest absolute Gasteiger partial charge is 0.392 e. The molecule has 1 heterocycles. The summed E-state index contributed by atoms with van der Waals surface area (Å²) in [7, 11) is 0. The van der Waals surface area contributed by atoms with E-state index in [0.29, 0.717) is 0 Å². The van der Waals surface area contributed by atoms with Crippen molar-refractivity contribution >= 4 is 33.8 Å². The molecule has 1 N–H and O–H groups in total. The van der Waals surface area contributed by atoms with Crippen molar-refractivity contribution in [1.29, 1.82) is 0 Å². The summed E-state index contributed by atoms with van der Waals surface area (Å²) in [5, 5.41) is 11.1. The second-order valence-corrected chi connectivity index (χ2v) is 4.84. The number of thioether (sulfide) groups is 1. The summed E-state index contributed by atoms with van der Waals surface area (Å²) in [6, 6.07) is 6.15. The van der Waals surface area contributed by atoms with Gasteiger partial charge in [0.2, 0.25) is 0 Å². The van der Waals surface area contributed by atoms with Gasteiger partial charge in [-0.15, -0.1) is 0 Å². The Morgan fingerprint density at radius 2 is 2.21 bits per heavy atom. The van der Waals surface area contributed by atoms with Crippen molar-refractivity contribution in [3.8, 4) is 0 Å². The summed E-state index contributed by atoms with van der Waals surface area (Å²) in [4.78, 5) is 1.21. The van der Waals surface area contributed by atoms with Crippen molar-refractivity contribution in [2.24, 2.45) is 0 Å². The quantitative estimate of drug-likeness (QED) is 0.842. The lowest BCUT2D eigenvalue weighted by Crippen LogP contribution is -1.85. The molecule has 0 spiro atoms. The van der Waals surface area contributed by atoms with E-state index in [-0.39, 0.29) is 6.61 Å². The van der Waals surface area contributed by atoms with E-state index in [1.807, 2.05) is 23.6 Å². The molecule has 1 aliphatic heterocycles. The molecule has 72 valence electrons. The first-order valence-corrected chi connectivity index (χ1v) is 5.91. The van der Waals surface area contributed by atoms with Crippen molar-refractivity contribution in [3.05, 3.63) is 45.3 Å². The lowest BCUT2D eigenvalue weighted by atomic mass is 10.1. The van der Waals surface area contributed by atoms with Crippen LogP contribution in [0.3, 0.4) is 0 Å². The van der Waals surface area contributed by atoms with E-state index in [2.05, 4.69) is 28.1 Å². The average molecular weight is 269 g/mol. The molecule has 14 heavy (non-hydrogen) atoms. The van der Waals surface area contributed by atoms with Crippen LogP contribution < -0.4 is 0 Å². The van der Waals surface area contributed by atoms with E-state index in [4.69, 9.17) is 5.11 Å². The fourth-order valence-corrected chi connectivity index (χ4v) is 2.63. The molecule has 0 radical (unpaired) electrons. The summed E-state index contributed by atoms with van der Waals surface area (Å²) in [5.41, 5.74) is 2.10. The molecule has 0 fully saturated rings. The number of fused-ring (bicyclic) bond motifs is 1. The number of rotatable bonds is 1. The minimum atomic E-state index is 0.0898. The van der Waals surface area contributed by atoms with Gasteiger partial charge in [0.15, 0.2) is 0 Å². The van der Waals surface area contributed by atoms with Crippen LogP contribution in [-0.2, 0) is 0 Å². The lowest BCUT2D eigenvalue weighted by molar-refractivity contribution is 0.336. The highest BCUT2D eigenvalue weighted by Crippen LogP contribution is 2.31. The minimum absolute atomic E-state index is 0.0898. The number of benzene rings is 1. The van der Waals surface area contributed by atoms with E-state index < -0.39 is 0 Å². The van der Waals surface area contributed by atoms with Crippen LogP contribution in [0.1, 0.15) is 5.56 Å². The molecular weight excluding hydrogens is 260 g/mol. The fourth-order valence-electron chi connectivity index (χ4n) is 1.27. The minimum Gasteiger partial charge on any atom is -0.392 e. The van der Waals surface area contributed by atoms with Crippen molar-refractivity contribution < 1.29 is 5.11 Å². The third-order valence-corrected chi connectivity index (χ3v) is 3.35. The van der Waals surface area contributed by atoms with E-state index in [1.165, 1.54) is 4.90 Å². The van der Waals surface area contributed by atoms with Gasteiger partial charge in [-0.05, 0) is 34.8 Å². The van der Waals surface area contributed by atoms with Gasteiger partial charge >= 0.3 is 0 Å². The number of aliphatic hydroxyl groups is 1. The Morgan fingerprint density at radius 3 is 3.00 bits per heavy atom. The normalized spacial score (nSPS) is 14.6. The van der Waals surface area contributed by atoms with Crippen molar-refractivity contribution in [1.82, 2.24) is 0 Å². The predicted octanol–water partition coefficient (Wildman–Crippen LogP) is 3.44. The maximum Gasteiger partial charge on any atom is 0.0682 e. The molecule has 0 bridgehead atoms. The first-order chi connectivity index (χ1) is 6.79. The van der Waals surface area contributed by atoms with Gasteiger partial charge in [0.25, 0.3) is 0 Å². The molecule has 1 aliphatic rings. The summed E-state index contributed by atoms with van der Waals surface area (Å²) in [6.07, 6.45) is 3.96. The molecule has 0 aromatic heterocycles. The van der Waals surface area contributed by atoms with Crippen molar-refractivity contribution in [3.63, 3.8) is 0 Å². The molecule has 0 saturated carbocycles. The highest BCUT2D eigenvalue weighted by Gasteiger charge is 2.04. The number of aliphatic hydroxyl groups excluding tert-OH is 1. The highest BCUT2D eigenvalue weighted by molar-refractivity contribution is 9.10. The number of hydrogen-bond acceptors (Lipinski definition) is 2. The standard InChI is InChI=1S/C11H9BrOS/c12-10-2-1-9-5-8(7-13)3-4-14-11(9)6-10/h1-6,13H,7H2. The van der Waals surface area contributed by atoms with Gasteiger partial charge in [-0.3, -0.25) is 0 Å². The molecule has 1 nitrogen and oxygen atoms in total. The van der Waals surface area contributed by atoms with Crippen molar-refractivity contribution in [2.75, 3.05) is 6.61 Å². The second kappa shape index (κ2) is 4.34. The molecular formula is C11H9BrOS. The monoisotopic (exact) mass is 268 g/mol. The SMILES string of the molecule is OCC1=Cc2ccc(Br)cc2SC=C1. The van der Waals surface area contributed by atoms with Gasteiger partial charge in [-0.25, -0.2) is 0 Å². The highest BCUT2D eigenvalue weighted by atomic mass is 79.9. The van der Waals surface area contributed by atoms with Crippen LogP contribution in [0.25, 0.3) is 6.08 Å². The van der Waals surface area contributed by atoms with Gasteiger partial charge in [0.1, 0.15) is 0 Å². The summed E-state index contributed by atoms with van der Waals surface area (Å²) >= 11 is 5.11. The Labute approximate surface area is 95.7 Å². The number of hydrogen-bond donors (Lipinski definition) is 1. The van der Waals surface area contributed by atoms with Crippen LogP contribution in [0.5, 0.6) is 0 Å². The Kier molecular flexibility index (Phi) is 3.11. The first-order valence-electron chi connectivity index (χ1n) is 4.24. The maximum atomic E-state index is 9.06. The van der Waals surface area contributed by atoms with Gasteiger partial charge in [0.05, 0.1) is 6.61 Å². The van der Waals surface area contributed by atoms with Crippen LogP contribution in [0, 0.1) is 0 Å². The number of halogens is 1. The zero-order chi connectivity index (χ0) is 9.97. The summed E-state index contributed by atoms with van der Waals surface area (Å²) < 4.78 is 1.08. The van der Waals surface area contributed by atoms with Gasteiger partial charge in [-0.2, -0.15) is 0 Å². The third kappa shape index (κ3) is 2.11. The first kappa shape index (κ1) is 10.0. The topological polar surface area (TPSA) is 20.2 Å². The maximum absolute atomic E-state index is 9.06. The Balaban J connectivity index is 2.48. The summed E-state index contributed by atoms with van der Waals surface area (Å²) in [5.74, 6) is 0. The lowest BCUT2D eigenvalue weighted by Gasteiger charge is -2.02. The van der Waals surface area contributed by atoms with Gasteiger partial charge < -0.3 is 5.11 Å². The third-order valence-electron chi connectivity index (χ3n) is 1.98. The molecule has 1 aromatic carbocycles. The van der Waals surface area contributed by atoms with Crippen LogP contribution in [0.15, 0.2) is 44.6 Å². The summed E-state index contributed by atoms with van der Waals surface area (Å²) in [6.45, 7) is 0.0898. The molecule has 2 rings (SSSR count). The Morgan fingerprint density at radius 1 is 1.36 bits per heavy atom. The molecule has 0 aliphatic carbocycles. The van der Waals surface area contributed by atoms with E-state index in [0.717, 1.165) is 15.6 Å². The Hall–Kier alpha value is -0.510. The van der Waals surface area contributed by atoms with E-state index in [9.17, 15) is 0 Å². The predicted molar refractivity (Wildman–Crippen MR) is 64.2 cm³/mol. The van der Waals surface area contributed by atoms with E-state index in [1.54, 1.807) is 11.8 Å². The fraction of sp³-hybridized carbons (Fsp3) is 0.0909. The molecule has 3 heteroatoms. The van der Waals surface area contributed by atoms with Gasteiger partial charge in [0, 0.05) is 9.37 Å². The second-order valence-electron chi connectivity index (χ2n) is 2.98. The zero-order valence-corrected chi connectivity index (χ0v) is 9.81. The van der Waals surface area contributed by atoms with Crippen LogP contribution in [-0.4, -0.2) is 11.7 Å². The zero-order valence-electron chi connectivity index (χ0n) is 7.40. The molecule has 0 unspecified atom stereocenters. The molecule has 0 amide bonds. The van der Waals surface area contributed by atoms with E-state index >= 15 is 0 Å². The average Bonchev–Trinajstić information content (AvgIpc) is 2.38.